The Labute approximate surface area is 164 Å². The molecular formula is C21H26N4O3. The lowest BCUT2D eigenvalue weighted by molar-refractivity contribution is 0.0604. The minimum absolute atomic E-state index is 0.259. The van der Waals surface area contributed by atoms with Crippen molar-refractivity contribution in [1.82, 2.24) is 9.55 Å². The lowest BCUT2D eigenvalue weighted by Gasteiger charge is -2.17. The Bertz CT molecular complexity index is 1100. The van der Waals surface area contributed by atoms with Crippen molar-refractivity contribution in [2.45, 2.75) is 34.2 Å². The van der Waals surface area contributed by atoms with Gasteiger partial charge in [0.2, 0.25) is 0 Å². The molecule has 0 atom stereocenters. The number of hydrogen-bond acceptors (Lipinski definition) is 6. The molecule has 0 unspecified atom stereocenters. The molecule has 0 aliphatic heterocycles. The van der Waals surface area contributed by atoms with Crippen LogP contribution >= 0.6 is 0 Å². The molecule has 7 heteroatoms. The van der Waals surface area contributed by atoms with Crippen LogP contribution in [0.25, 0.3) is 16.7 Å². The first-order valence-electron chi connectivity index (χ1n) is 9.01. The summed E-state index contributed by atoms with van der Waals surface area (Å²) in [6.45, 7) is 8.06. The number of methoxy groups -OCH3 is 2. The van der Waals surface area contributed by atoms with E-state index in [1.807, 2.05) is 39.8 Å². The van der Waals surface area contributed by atoms with Gasteiger partial charge >= 0.3 is 5.97 Å². The van der Waals surface area contributed by atoms with Gasteiger partial charge in [0.05, 0.1) is 19.9 Å². The van der Waals surface area contributed by atoms with Crippen molar-refractivity contribution in [3.8, 4) is 11.4 Å². The molecule has 0 amide bonds. The van der Waals surface area contributed by atoms with E-state index in [0.717, 1.165) is 39.4 Å². The highest BCUT2D eigenvalue weighted by molar-refractivity contribution is 6.10. The van der Waals surface area contributed by atoms with Gasteiger partial charge in [-0.15, -0.1) is 0 Å². The number of ether oxygens (including phenoxy) is 2. The molecule has 2 heterocycles. The zero-order valence-corrected chi connectivity index (χ0v) is 17.1. The van der Waals surface area contributed by atoms with Crippen LogP contribution in [0.2, 0.25) is 0 Å². The monoisotopic (exact) mass is 382 g/mol. The van der Waals surface area contributed by atoms with Gasteiger partial charge in [-0.2, -0.15) is 0 Å². The molecule has 4 N–H and O–H groups in total. The first-order valence-corrected chi connectivity index (χ1v) is 9.01. The summed E-state index contributed by atoms with van der Waals surface area (Å²) in [4.78, 5) is 17.4. The highest BCUT2D eigenvalue weighted by Crippen LogP contribution is 2.38. The van der Waals surface area contributed by atoms with Gasteiger partial charge in [0.25, 0.3) is 0 Å². The number of hydrogen-bond donors (Lipinski definition) is 2. The summed E-state index contributed by atoms with van der Waals surface area (Å²) in [5.41, 5.74) is 18.8. The predicted molar refractivity (Wildman–Crippen MR) is 110 cm³/mol. The van der Waals surface area contributed by atoms with Crippen LogP contribution in [0.4, 0.5) is 5.82 Å². The molecule has 0 spiro atoms. The number of pyridine rings is 1. The molecule has 0 bridgehead atoms. The van der Waals surface area contributed by atoms with Gasteiger partial charge < -0.3 is 20.9 Å². The fourth-order valence-corrected chi connectivity index (χ4v) is 3.79. The number of aryl methyl sites for hydroxylation is 2. The highest BCUT2D eigenvalue weighted by Gasteiger charge is 2.28. The van der Waals surface area contributed by atoms with Crippen LogP contribution in [0.5, 0.6) is 5.75 Å². The number of carbonyl (C=O) groups is 1. The molecule has 0 aliphatic rings. The largest absolute Gasteiger partial charge is 0.496 e. The summed E-state index contributed by atoms with van der Waals surface area (Å²) in [6.07, 6.45) is 0. The van der Waals surface area contributed by atoms with E-state index >= 15 is 0 Å². The number of nitrogens with two attached hydrogens (primary N) is 2. The maximum Gasteiger partial charge on any atom is 0.342 e. The Morgan fingerprint density at radius 1 is 1.14 bits per heavy atom. The van der Waals surface area contributed by atoms with E-state index in [2.05, 4.69) is 0 Å². The summed E-state index contributed by atoms with van der Waals surface area (Å²) in [5, 5.41) is 0.636. The number of rotatable bonds is 4. The third kappa shape index (κ3) is 2.70. The second-order valence-corrected chi connectivity index (χ2v) is 6.85. The third-order valence-electron chi connectivity index (χ3n) is 5.37. The topological polar surface area (TPSA) is 105 Å². The molecule has 7 nitrogen and oxygen atoms in total. The van der Waals surface area contributed by atoms with Crippen LogP contribution in [-0.4, -0.2) is 29.7 Å². The van der Waals surface area contributed by atoms with Crippen LogP contribution in [0.3, 0.4) is 0 Å². The number of anilines is 1. The van der Waals surface area contributed by atoms with Crippen LogP contribution in [-0.2, 0) is 11.3 Å². The van der Waals surface area contributed by atoms with Crippen LogP contribution < -0.4 is 16.2 Å². The van der Waals surface area contributed by atoms with Gasteiger partial charge in [0.15, 0.2) is 0 Å². The lowest BCUT2D eigenvalue weighted by Crippen LogP contribution is -2.09. The van der Waals surface area contributed by atoms with Crippen LogP contribution in [0.1, 0.15) is 38.3 Å². The smallest absolute Gasteiger partial charge is 0.342 e. The van der Waals surface area contributed by atoms with Crippen molar-refractivity contribution in [3.05, 3.63) is 45.6 Å². The summed E-state index contributed by atoms with van der Waals surface area (Å²) in [7, 11) is 2.96. The number of nitrogen functional groups attached to an aromatic ring is 1. The van der Waals surface area contributed by atoms with Crippen LogP contribution in [0, 0.1) is 27.7 Å². The average Bonchev–Trinajstić information content (AvgIpc) is 2.94. The molecule has 3 aromatic rings. The molecule has 28 heavy (non-hydrogen) atoms. The summed E-state index contributed by atoms with van der Waals surface area (Å²) < 4.78 is 12.3. The minimum atomic E-state index is -0.515. The zero-order valence-electron chi connectivity index (χ0n) is 17.1. The van der Waals surface area contributed by atoms with E-state index in [1.54, 1.807) is 11.7 Å². The number of fused-ring (bicyclic) bond motifs is 1. The average molecular weight is 382 g/mol. The van der Waals surface area contributed by atoms with Crippen molar-refractivity contribution in [2.24, 2.45) is 5.73 Å². The fraction of sp³-hybridized carbons (Fsp3) is 0.333. The van der Waals surface area contributed by atoms with Gasteiger partial charge in [-0.3, -0.25) is 4.57 Å². The van der Waals surface area contributed by atoms with Crippen LogP contribution in [0.15, 0.2) is 12.1 Å². The summed E-state index contributed by atoms with van der Waals surface area (Å²) in [5.74, 6) is 0.483. The minimum Gasteiger partial charge on any atom is -0.496 e. The van der Waals surface area contributed by atoms with E-state index in [9.17, 15) is 4.79 Å². The Morgan fingerprint density at radius 2 is 1.82 bits per heavy atom. The maximum atomic E-state index is 12.6. The Morgan fingerprint density at radius 3 is 2.39 bits per heavy atom. The summed E-state index contributed by atoms with van der Waals surface area (Å²) in [6, 6.07) is 3.86. The standard InChI is InChI=1S/C21H26N4O3/c1-10-7-8-15(27-5)12(3)18(10)25-19(23)17(21(26)28-6)16-14(9-22)11(2)13(4)24-20(16)25/h7-8H,9,22-23H2,1-6H3. The quantitative estimate of drug-likeness (QED) is 0.672. The second-order valence-electron chi connectivity index (χ2n) is 6.85. The van der Waals surface area contributed by atoms with Crippen molar-refractivity contribution in [2.75, 3.05) is 20.0 Å². The Kier molecular flexibility index (Phi) is 5.04. The number of esters is 1. The van der Waals surface area contributed by atoms with Crippen molar-refractivity contribution in [3.63, 3.8) is 0 Å². The SMILES string of the molecule is COC(=O)c1c(N)n(-c2c(C)ccc(OC)c2C)c2nc(C)c(C)c(CN)c12. The van der Waals surface area contributed by atoms with Crippen molar-refractivity contribution < 1.29 is 14.3 Å². The van der Waals surface area contributed by atoms with Gasteiger partial charge in [-0.05, 0) is 50.5 Å². The number of aromatic nitrogens is 2. The molecule has 0 aliphatic carbocycles. The lowest BCUT2D eigenvalue weighted by atomic mass is 10.0. The molecule has 0 saturated heterocycles. The number of benzene rings is 1. The van der Waals surface area contributed by atoms with Crippen molar-refractivity contribution >= 4 is 22.8 Å². The second kappa shape index (κ2) is 7.16. The summed E-state index contributed by atoms with van der Waals surface area (Å²) >= 11 is 0. The first-order chi connectivity index (χ1) is 13.3. The molecular weight excluding hydrogens is 356 g/mol. The molecule has 3 rings (SSSR count). The van der Waals surface area contributed by atoms with E-state index in [1.165, 1.54) is 7.11 Å². The molecule has 1 aromatic carbocycles. The molecule has 2 aromatic heterocycles. The maximum absolute atomic E-state index is 12.6. The Balaban J connectivity index is 2.59. The van der Waals surface area contributed by atoms with Crippen molar-refractivity contribution in [1.29, 1.82) is 0 Å². The van der Waals surface area contributed by atoms with E-state index in [0.29, 0.717) is 11.0 Å². The molecule has 0 saturated carbocycles. The predicted octanol–water partition coefficient (Wildman–Crippen LogP) is 3.10. The molecule has 0 radical (unpaired) electrons. The molecule has 0 fully saturated rings. The number of carbonyl (C=O) groups excluding carboxylic acids is 1. The van der Waals surface area contributed by atoms with Gasteiger partial charge in [0.1, 0.15) is 22.8 Å². The normalized spacial score (nSPS) is 11.1. The third-order valence-corrected chi connectivity index (χ3v) is 5.37. The van der Waals surface area contributed by atoms with E-state index in [4.69, 9.17) is 25.9 Å². The first kappa shape index (κ1) is 19.7. The number of nitrogens with zero attached hydrogens (tertiary/aromatic N) is 2. The Hall–Kier alpha value is -3.06. The van der Waals surface area contributed by atoms with Gasteiger partial charge in [-0.25, -0.2) is 9.78 Å². The zero-order chi connectivity index (χ0) is 20.7. The fourth-order valence-electron chi connectivity index (χ4n) is 3.79. The van der Waals surface area contributed by atoms with E-state index < -0.39 is 5.97 Å². The van der Waals surface area contributed by atoms with E-state index in [-0.39, 0.29) is 17.9 Å². The van der Waals surface area contributed by atoms with Gasteiger partial charge in [-0.1, -0.05) is 6.07 Å². The highest BCUT2D eigenvalue weighted by atomic mass is 16.5. The van der Waals surface area contributed by atoms with Gasteiger partial charge in [0, 0.05) is 23.2 Å². The molecule has 148 valence electrons.